The fraction of sp³-hybridized carbons (Fsp3) is 0.438. The molecule has 1 aromatic carbocycles. The van der Waals surface area contributed by atoms with Crippen LogP contribution < -0.4 is 0 Å². The van der Waals surface area contributed by atoms with Gasteiger partial charge in [-0.25, -0.2) is 0 Å². The maximum absolute atomic E-state index is 12.7. The van der Waals surface area contributed by atoms with Crippen LogP contribution in [-0.4, -0.2) is 52.5 Å². The molecule has 1 amide bonds. The molecule has 1 fully saturated rings. The number of hydrogen-bond acceptors (Lipinski definition) is 5. The lowest BCUT2D eigenvalue weighted by molar-refractivity contribution is 0.0489. The first-order valence-electron chi connectivity index (χ1n) is 7.51. The molecule has 0 spiro atoms. The van der Waals surface area contributed by atoms with Gasteiger partial charge in [0.1, 0.15) is 6.04 Å². The van der Waals surface area contributed by atoms with Crippen molar-refractivity contribution in [2.24, 2.45) is 0 Å². The molecule has 1 aromatic heterocycles. The van der Waals surface area contributed by atoms with Crippen LogP contribution in [0.4, 0.5) is 0 Å². The van der Waals surface area contributed by atoms with E-state index < -0.39 is 0 Å². The second-order valence-corrected chi connectivity index (χ2v) is 6.30. The van der Waals surface area contributed by atoms with E-state index in [-0.39, 0.29) is 11.9 Å². The number of nitrogens with zero attached hydrogens (tertiary/aromatic N) is 4. The number of piperazine rings is 1. The van der Waals surface area contributed by atoms with Crippen molar-refractivity contribution in [2.45, 2.75) is 19.9 Å². The number of aryl methyl sites for hydroxylation is 2. The van der Waals surface area contributed by atoms with Gasteiger partial charge >= 0.3 is 0 Å². The van der Waals surface area contributed by atoms with Crippen molar-refractivity contribution in [1.82, 2.24) is 19.9 Å². The van der Waals surface area contributed by atoms with Crippen LogP contribution in [0.3, 0.4) is 0 Å². The Balaban J connectivity index is 1.80. The molecule has 7 heteroatoms. The predicted octanol–water partition coefficient (Wildman–Crippen LogP) is 2.47. The summed E-state index contributed by atoms with van der Waals surface area (Å²) in [5.41, 5.74) is 1.55. The molecule has 0 N–H and O–H groups in total. The quantitative estimate of drug-likeness (QED) is 0.844. The van der Waals surface area contributed by atoms with Crippen LogP contribution in [0.1, 0.15) is 33.7 Å². The van der Waals surface area contributed by atoms with Gasteiger partial charge < -0.3 is 9.42 Å². The first-order chi connectivity index (χ1) is 11.0. The molecular weight excluding hydrogens is 316 g/mol. The summed E-state index contributed by atoms with van der Waals surface area (Å²) in [7, 11) is 2.00. The lowest BCUT2D eigenvalue weighted by Crippen LogP contribution is -2.49. The van der Waals surface area contributed by atoms with Gasteiger partial charge in [0.2, 0.25) is 5.89 Å². The number of amides is 1. The molecule has 122 valence electrons. The zero-order valence-corrected chi connectivity index (χ0v) is 14.2. The van der Waals surface area contributed by atoms with E-state index in [1.807, 2.05) is 24.9 Å². The van der Waals surface area contributed by atoms with Gasteiger partial charge in [0, 0.05) is 30.2 Å². The number of benzene rings is 1. The minimum Gasteiger partial charge on any atom is -0.338 e. The van der Waals surface area contributed by atoms with Crippen LogP contribution >= 0.6 is 11.6 Å². The molecule has 1 aliphatic rings. The van der Waals surface area contributed by atoms with Gasteiger partial charge in [-0.3, -0.25) is 9.69 Å². The van der Waals surface area contributed by atoms with Gasteiger partial charge in [-0.15, -0.1) is 0 Å². The Bertz CT molecular complexity index is 731. The number of aromatic nitrogens is 2. The molecular formula is C16H19ClN4O2. The van der Waals surface area contributed by atoms with Crippen molar-refractivity contribution in [3.8, 4) is 0 Å². The molecule has 6 nitrogen and oxygen atoms in total. The second kappa shape index (κ2) is 6.29. The molecule has 23 heavy (non-hydrogen) atoms. The van der Waals surface area contributed by atoms with Crippen molar-refractivity contribution in [1.29, 1.82) is 0 Å². The van der Waals surface area contributed by atoms with Gasteiger partial charge in [0.05, 0.1) is 0 Å². The number of halogens is 1. The number of hydrogen-bond donors (Lipinski definition) is 0. The Labute approximate surface area is 140 Å². The molecule has 3 rings (SSSR count). The highest BCUT2D eigenvalue weighted by molar-refractivity contribution is 6.31. The lowest BCUT2D eigenvalue weighted by Gasteiger charge is -2.37. The Morgan fingerprint density at radius 3 is 2.78 bits per heavy atom. The molecule has 2 heterocycles. The number of carbonyl (C=O) groups excluding carboxylic acids is 1. The summed E-state index contributed by atoms with van der Waals surface area (Å²) in [5.74, 6) is 1.15. The third-order valence-electron chi connectivity index (χ3n) is 4.17. The van der Waals surface area contributed by atoms with E-state index in [1.54, 1.807) is 19.1 Å². The van der Waals surface area contributed by atoms with Crippen molar-refractivity contribution in [3.63, 3.8) is 0 Å². The van der Waals surface area contributed by atoms with E-state index in [0.29, 0.717) is 35.4 Å². The van der Waals surface area contributed by atoms with Gasteiger partial charge in [-0.1, -0.05) is 16.8 Å². The highest BCUT2D eigenvalue weighted by Gasteiger charge is 2.32. The fourth-order valence-corrected chi connectivity index (χ4v) is 2.85. The average Bonchev–Trinajstić information content (AvgIpc) is 2.96. The summed E-state index contributed by atoms with van der Waals surface area (Å²) in [4.78, 5) is 21.0. The van der Waals surface area contributed by atoms with Crippen molar-refractivity contribution < 1.29 is 9.32 Å². The molecule has 1 atom stereocenters. The van der Waals surface area contributed by atoms with E-state index >= 15 is 0 Å². The van der Waals surface area contributed by atoms with Crippen LogP contribution in [0.15, 0.2) is 22.7 Å². The smallest absolute Gasteiger partial charge is 0.253 e. The van der Waals surface area contributed by atoms with Gasteiger partial charge in [0.25, 0.3) is 5.91 Å². The molecule has 0 unspecified atom stereocenters. The first-order valence-corrected chi connectivity index (χ1v) is 7.89. The lowest BCUT2D eigenvalue weighted by atomic mass is 10.1. The Hall–Kier alpha value is -1.92. The van der Waals surface area contributed by atoms with E-state index in [2.05, 4.69) is 15.0 Å². The van der Waals surface area contributed by atoms with Gasteiger partial charge in [0.15, 0.2) is 5.82 Å². The zero-order valence-electron chi connectivity index (χ0n) is 13.4. The fourth-order valence-electron chi connectivity index (χ4n) is 2.73. The van der Waals surface area contributed by atoms with Gasteiger partial charge in [-0.05, 0) is 44.7 Å². The number of rotatable bonds is 2. The zero-order chi connectivity index (χ0) is 16.6. The highest BCUT2D eigenvalue weighted by Crippen LogP contribution is 2.24. The number of likely N-dealkylation sites (N-methyl/N-ethyl adjacent to an activating group) is 1. The molecule has 0 saturated carbocycles. The maximum atomic E-state index is 12.7. The standard InChI is InChI=1S/C16H19ClN4O2/c1-10-8-12(4-5-13(10)17)16(22)21-7-6-20(3)14(9-21)15-18-11(2)19-23-15/h4-5,8,14H,6-7,9H2,1-3H3/t14-/m0/s1. The SMILES string of the molecule is Cc1noc([C@@H]2CN(C(=O)c3ccc(Cl)c(C)c3)CCN2C)n1. The maximum Gasteiger partial charge on any atom is 0.253 e. The largest absolute Gasteiger partial charge is 0.338 e. The summed E-state index contributed by atoms with van der Waals surface area (Å²) in [6.45, 7) is 5.63. The molecule has 0 bridgehead atoms. The minimum absolute atomic E-state index is 0.000830. The van der Waals surface area contributed by atoms with Crippen LogP contribution in [-0.2, 0) is 0 Å². The number of carbonyl (C=O) groups is 1. The molecule has 2 aromatic rings. The molecule has 0 aliphatic carbocycles. The summed E-state index contributed by atoms with van der Waals surface area (Å²) in [6.07, 6.45) is 0. The van der Waals surface area contributed by atoms with Crippen LogP contribution in [0.5, 0.6) is 0 Å². The average molecular weight is 335 g/mol. The monoisotopic (exact) mass is 334 g/mol. The Kier molecular flexibility index (Phi) is 4.37. The summed E-state index contributed by atoms with van der Waals surface area (Å²) < 4.78 is 5.28. The van der Waals surface area contributed by atoms with Crippen molar-refractivity contribution in [3.05, 3.63) is 46.1 Å². The summed E-state index contributed by atoms with van der Waals surface area (Å²) >= 11 is 6.04. The topological polar surface area (TPSA) is 62.5 Å². The van der Waals surface area contributed by atoms with E-state index in [9.17, 15) is 4.79 Å². The van der Waals surface area contributed by atoms with E-state index in [4.69, 9.17) is 16.1 Å². The van der Waals surface area contributed by atoms with Gasteiger partial charge in [-0.2, -0.15) is 4.98 Å². The van der Waals surface area contributed by atoms with Crippen LogP contribution in [0.2, 0.25) is 5.02 Å². The molecule has 0 radical (unpaired) electrons. The van der Waals surface area contributed by atoms with Crippen molar-refractivity contribution >= 4 is 17.5 Å². The van der Waals surface area contributed by atoms with E-state index in [1.165, 1.54) is 0 Å². The van der Waals surface area contributed by atoms with Crippen LogP contribution in [0.25, 0.3) is 0 Å². The third kappa shape index (κ3) is 3.23. The summed E-state index contributed by atoms with van der Waals surface area (Å²) in [6, 6.07) is 5.28. The molecule has 1 saturated heterocycles. The first kappa shape index (κ1) is 16.0. The summed E-state index contributed by atoms with van der Waals surface area (Å²) in [5, 5.41) is 4.51. The van der Waals surface area contributed by atoms with Crippen LogP contribution in [0, 0.1) is 13.8 Å². The normalized spacial score (nSPS) is 19.1. The third-order valence-corrected chi connectivity index (χ3v) is 4.59. The van der Waals surface area contributed by atoms with Crippen molar-refractivity contribution in [2.75, 3.05) is 26.7 Å². The Morgan fingerprint density at radius 1 is 1.35 bits per heavy atom. The second-order valence-electron chi connectivity index (χ2n) is 5.89. The Morgan fingerprint density at radius 2 is 2.13 bits per heavy atom. The molecule has 1 aliphatic heterocycles. The predicted molar refractivity (Wildman–Crippen MR) is 86.5 cm³/mol. The van der Waals surface area contributed by atoms with E-state index in [0.717, 1.165) is 12.1 Å². The highest BCUT2D eigenvalue weighted by atomic mass is 35.5. The minimum atomic E-state index is -0.0812.